The van der Waals surface area contributed by atoms with Gasteiger partial charge in [0.1, 0.15) is 30.5 Å². The van der Waals surface area contributed by atoms with E-state index in [-0.39, 0.29) is 18.1 Å². The third-order valence-corrected chi connectivity index (χ3v) is 6.38. The van der Waals surface area contributed by atoms with Crippen molar-refractivity contribution >= 4 is 22.7 Å². The zero-order valence-corrected chi connectivity index (χ0v) is 19.1. The Hall–Kier alpha value is -4.00. The molecule has 0 spiro atoms. The standard InChI is InChI=1S/C27H25N3O4/c1-3-26-29-20-8-4-5-9-22(20)30(26)23-10-6-7-18-21(14-33-27(18)23)28-17-11-12-19-24(13-17)32-15-25(19)34-16(2)31/h4-13,21,25,28H,3,14-15H2,1-2H3/t21-,25-/m1/s1. The lowest BCUT2D eigenvalue weighted by molar-refractivity contribution is -0.147. The number of para-hydroxylation sites is 3. The average Bonchev–Trinajstić information content (AvgIpc) is 3.54. The van der Waals surface area contributed by atoms with Gasteiger partial charge in [-0.15, -0.1) is 0 Å². The molecule has 0 radical (unpaired) electrons. The smallest absolute Gasteiger partial charge is 0.303 e. The Kier molecular flexibility index (Phi) is 4.90. The molecule has 0 bridgehead atoms. The third-order valence-electron chi connectivity index (χ3n) is 6.38. The van der Waals surface area contributed by atoms with Crippen molar-refractivity contribution < 1.29 is 19.0 Å². The number of nitrogens with one attached hydrogen (secondary N) is 1. The second-order valence-corrected chi connectivity index (χ2v) is 8.57. The third kappa shape index (κ3) is 3.36. The number of hydrogen-bond acceptors (Lipinski definition) is 6. The Morgan fingerprint density at radius 3 is 2.82 bits per heavy atom. The Morgan fingerprint density at radius 1 is 1.09 bits per heavy atom. The molecule has 0 fully saturated rings. The Bertz CT molecular complexity index is 1410. The molecule has 3 aromatic carbocycles. The summed E-state index contributed by atoms with van der Waals surface area (Å²) >= 11 is 0. The van der Waals surface area contributed by atoms with Gasteiger partial charge in [0.05, 0.1) is 22.8 Å². The summed E-state index contributed by atoms with van der Waals surface area (Å²) in [6.07, 6.45) is 0.473. The lowest BCUT2D eigenvalue weighted by Crippen LogP contribution is -2.12. The number of aryl methyl sites for hydroxylation is 1. The lowest BCUT2D eigenvalue weighted by atomic mass is 10.1. The minimum absolute atomic E-state index is 0.00136. The molecular weight excluding hydrogens is 430 g/mol. The summed E-state index contributed by atoms with van der Waals surface area (Å²) in [5.41, 5.74) is 5.99. The highest BCUT2D eigenvalue weighted by atomic mass is 16.6. The van der Waals surface area contributed by atoms with Crippen molar-refractivity contribution in [3.05, 3.63) is 77.6 Å². The van der Waals surface area contributed by atoms with Crippen molar-refractivity contribution in [2.24, 2.45) is 0 Å². The minimum Gasteiger partial charge on any atom is -0.489 e. The highest BCUT2D eigenvalue weighted by molar-refractivity contribution is 5.79. The number of ether oxygens (including phenoxy) is 3. The molecular formula is C27H25N3O4. The van der Waals surface area contributed by atoms with Crippen LogP contribution in [0.1, 0.15) is 42.9 Å². The average molecular weight is 456 g/mol. The monoisotopic (exact) mass is 455 g/mol. The molecule has 0 saturated heterocycles. The summed E-state index contributed by atoms with van der Waals surface area (Å²) in [6, 6.07) is 20.4. The van der Waals surface area contributed by atoms with Gasteiger partial charge in [0, 0.05) is 36.2 Å². The van der Waals surface area contributed by atoms with Gasteiger partial charge in [-0.2, -0.15) is 0 Å². The number of nitrogens with zero attached hydrogens (tertiary/aromatic N) is 2. The van der Waals surface area contributed by atoms with Crippen LogP contribution in [0.2, 0.25) is 0 Å². The maximum Gasteiger partial charge on any atom is 0.303 e. The van der Waals surface area contributed by atoms with Gasteiger partial charge in [-0.05, 0) is 30.3 Å². The van der Waals surface area contributed by atoms with Gasteiger partial charge in [0.25, 0.3) is 0 Å². The van der Waals surface area contributed by atoms with Crippen LogP contribution in [-0.2, 0) is 16.0 Å². The van der Waals surface area contributed by atoms with E-state index in [1.807, 2.05) is 36.4 Å². The zero-order valence-electron chi connectivity index (χ0n) is 19.1. The fraction of sp³-hybridized carbons (Fsp3) is 0.259. The van der Waals surface area contributed by atoms with E-state index in [1.165, 1.54) is 6.92 Å². The molecule has 6 rings (SSSR count). The van der Waals surface area contributed by atoms with E-state index in [2.05, 4.69) is 41.1 Å². The largest absolute Gasteiger partial charge is 0.489 e. The van der Waals surface area contributed by atoms with E-state index in [0.717, 1.165) is 57.3 Å². The summed E-state index contributed by atoms with van der Waals surface area (Å²) in [5, 5.41) is 3.58. The summed E-state index contributed by atoms with van der Waals surface area (Å²) in [6.45, 7) is 4.40. The second kappa shape index (κ2) is 8.09. The van der Waals surface area contributed by atoms with Crippen LogP contribution in [0.3, 0.4) is 0 Å². The Morgan fingerprint density at radius 2 is 1.97 bits per heavy atom. The molecule has 7 nitrogen and oxygen atoms in total. The molecule has 34 heavy (non-hydrogen) atoms. The molecule has 0 aliphatic carbocycles. The van der Waals surface area contributed by atoms with Crippen molar-refractivity contribution in [1.29, 1.82) is 0 Å². The first kappa shape index (κ1) is 20.6. The normalized spacial score (nSPS) is 18.2. The minimum atomic E-state index is -0.350. The number of imidazole rings is 1. The van der Waals surface area contributed by atoms with Crippen LogP contribution >= 0.6 is 0 Å². The van der Waals surface area contributed by atoms with Crippen molar-refractivity contribution in [2.75, 3.05) is 18.5 Å². The van der Waals surface area contributed by atoms with Gasteiger partial charge in [-0.3, -0.25) is 9.36 Å². The van der Waals surface area contributed by atoms with Crippen molar-refractivity contribution in [3.63, 3.8) is 0 Å². The maximum absolute atomic E-state index is 11.3. The predicted octanol–water partition coefficient (Wildman–Crippen LogP) is 5.13. The first-order valence-corrected chi connectivity index (χ1v) is 11.6. The Balaban J connectivity index is 1.31. The number of esters is 1. The molecule has 2 aliphatic rings. The molecule has 4 aromatic rings. The fourth-order valence-electron chi connectivity index (χ4n) is 4.88. The summed E-state index contributed by atoms with van der Waals surface area (Å²) in [4.78, 5) is 16.2. The van der Waals surface area contributed by atoms with Crippen LogP contribution in [0.15, 0.2) is 60.7 Å². The number of aromatic nitrogens is 2. The molecule has 2 atom stereocenters. The quantitative estimate of drug-likeness (QED) is 0.421. The second-order valence-electron chi connectivity index (χ2n) is 8.57. The van der Waals surface area contributed by atoms with Crippen LogP contribution in [0.5, 0.6) is 11.5 Å². The maximum atomic E-state index is 11.3. The van der Waals surface area contributed by atoms with Crippen molar-refractivity contribution in [3.8, 4) is 17.2 Å². The first-order chi connectivity index (χ1) is 16.6. The van der Waals surface area contributed by atoms with Crippen molar-refractivity contribution in [2.45, 2.75) is 32.4 Å². The van der Waals surface area contributed by atoms with Crippen LogP contribution in [0, 0.1) is 0 Å². The number of hydrogen-bond donors (Lipinski definition) is 1. The summed E-state index contributed by atoms with van der Waals surface area (Å²) in [5.74, 6) is 2.32. The molecule has 0 amide bonds. The molecule has 0 saturated carbocycles. The highest BCUT2D eigenvalue weighted by Crippen LogP contribution is 2.42. The summed E-state index contributed by atoms with van der Waals surface area (Å²) < 4.78 is 19.5. The molecule has 1 N–H and O–H groups in total. The molecule has 1 aromatic heterocycles. The number of rotatable bonds is 5. The van der Waals surface area contributed by atoms with Gasteiger partial charge in [-0.1, -0.05) is 31.2 Å². The van der Waals surface area contributed by atoms with E-state index in [4.69, 9.17) is 19.2 Å². The number of carbonyl (C=O) groups excluding carboxylic acids is 1. The van der Waals surface area contributed by atoms with E-state index < -0.39 is 0 Å². The predicted molar refractivity (Wildman–Crippen MR) is 129 cm³/mol. The number of fused-ring (bicyclic) bond motifs is 3. The first-order valence-electron chi connectivity index (χ1n) is 11.6. The van der Waals surface area contributed by atoms with Gasteiger partial charge in [0.15, 0.2) is 6.10 Å². The van der Waals surface area contributed by atoms with Crippen LogP contribution in [0.25, 0.3) is 16.7 Å². The zero-order chi connectivity index (χ0) is 23.2. The van der Waals surface area contributed by atoms with E-state index in [1.54, 1.807) is 0 Å². The van der Waals surface area contributed by atoms with Gasteiger partial charge < -0.3 is 19.5 Å². The fourth-order valence-corrected chi connectivity index (χ4v) is 4.88. The SMILES string of the molecule is CCc1nc2ccccc2n1-c1cccc2c1OC[C@H]2Nc1ccc2c(c1)OC[C@H]2OC(C)=O. The van der Waals surface area contributed by atoms with E-state index in [0.29, 0.717) is 13.2 Å². The van der Waals surface area contributed by atoms with Crippen LogP contribution in [0.4, 0.5) is 5.69 Å². The van der Waals surface area contributed by atoms with Gasteiger partial charge >= 0.3 is 5.97 Å². The number of carbonyl (C=O) groups is 1. The van der Waals surface area contributed by atoms with Crippen LogP contribution < -0.4 is 14.8 Å². The molecule has 7 heteroatoms. The number of anilines is 1. The summed E-state index contributed by atoms with van der Waals surface area (Å²) in [7, 11) is 0. The molecule has 3 heterocycles. The topological polar surface area (TPSA) is 74.6 Å². The van der Waals surface area contributed by atoms with E-state index >= 15 is 0 Å². The lowest BCUT2D eigenvalue weighted by Gasteiger charge is -2.15. The highest BCUT2D eigenvalue weighted by Gasteiger charge is 2.30. The van der Waals surface area contributed by atoms with Gasteiger partial charge in [-0.25, -0.2) is 4.98 Å². The Labute approximate surface area is 197 Å². The number of benzene rings is 3. The van der Waals surface area contributed by atoms with Crippen LogP contribution in [-0.4, -0.2) is 28.7 Å². The molecule has 0 unspecified atom stereocenters. The molecule has 2 aliphatic heterocycles. The van der Waals surface area contributed by atoms with Crippen molar-refractivity contribution in [1.82, 2.24) is 9.55 Å². The van der Waals surface area contributed by atoms with Gasteiger partial charge in [0.2, 0.25) is 0 Å². The molecule has 172 valence electrons. The van der Waals surface area contributed by atoms with E-state index in [9.17, 15) is 4.79 Å².